The van der Waals surface area contributed by atoms with Crippen LogP contribution < -0.4 is 10.6 Å². The quantitative estimate of drug-likeness (QED) is 0.891. The van der Waals surface area contributed by atoms with Gasteiger partial charge >= 0.3 is 0 Å². The fourth-order valence-electron chi connectivity index (χ4n) is 2.57. The number of carbonyl (C=O) groups is 1. The van der Waals surface area contributed by atoms with Gasteiger partial charge in [0, 0.05) is 29.7 Å². The minimum Gasteiger partial charge on any atom is -0.330 e. The topological polar surface area (TPSA) is 59.2 Å². The summed E-state index contributed by atoms with van der Waals surface area (Å²) < 4.78 is 0. The highest BCUT2D eigenvalue weighted by Gasteiger charge is 2.29. The molecule has 0 spiro atoms. The van der Waals surface area contributed by atoms with Crippen LogP contribution in [0.2, 0.25) is 0 Å². The Hall–Kier alpha value is -1.94. The second-order valence-corrected chi connectivity index (χ2v) is 5.14. The molecule has 0 aliphatic carbocycles. The summed E-state index contributed by atoms with van der Waals surface area (Å²) in [5.74, 6) is 0.439. The maximum absolute atomic E-state index is 12.0. The molecule has 1 aliphatic rings. The number of amides is 1. The number of anilines is 1. The number of benzene rings is 1. The molecule has 2 N–H and O–H groups in total. The van der Waals surface area contributed by atoms with Gasteiger partial charge < -0.3 is 10.6 Å². The van der Waals surface area contributed by atoms with Crippen molar-refractivity contribution in [1.29, 1.82) is 0 Å². The molecule has 19 heavy (non-hydrogen) atoms. The molecule has 0 saturated carbocycles. The summed E-state index contributed by atoms with van der Waals surface area (Å²) in [7, 11) is 0. The highest BCUT2D eigenvalue weighted by atomic mass is 16.2. The lowest BCUT2D eigenvalue weighted by Crippen LogP contribution is -2.25. The van der Waals surface area contributed by atoms with Gasteiger partial charge in [-0.2, -0.15) is 0 Å². The monoisotopic (exact) mass is 255 g/mol. The van der Waals surface area contributed by atoms with Crippen LogP contribution in [0, 0.1) is 12.8 Å². The molecule has 0 bridgehead atoms. The third kappa shape index (κ3) is 2.19. The largest absolute Gasteiger partial charge is 0.330 e. The molecule has 98 valence electrons. The lowest BCUT2D eigenvalue weighted by molar-refractivity contribution is -0.117. The highest BCUT2D eigenvalue weighted by Crippen LogP contribution is 2.27. The van der Waals surface area contributed by atoms with E-state index in [2.05, 4.69) is 4.98 Å². The normalized spacial score (nSPS) is 19.4. The zero-order chi connectivity index (χ0) is 13.4. The van der Waals surface area contributed by atoms with E-state index in [4.69, 9.17) is 5.73 Å². The third-order valence-corrected chi connectivity index (χ3v) is 3.66. The first-order valence-corrected chi connectivity index (χ1v) is 6.55. The van der Waals surface area contributed by atoms with Crippen molar-refractivity contribution in [2.45, 2.75) is 13.3 Å². The molecule has 1 amide bonds. The molecule has 1 saturated heterocycles. The number of fused-ring (bicyclic) bond motifs is 1. The van der Waals surface area contributed by atoms with Crippen molar-refractivity contribution in [2.24, 2.45) is 11.7 Å². The Morgan fingerprint density at radius 1 is 1.37 bits per heavy atom. The van der Waals surface area contributed by atoms with E-state index in [-0.39, 0.29) is 11.8 Å². The van der Waals surface area contributed by atoms with Gasteiger partial charge in [-0.3, -0.25) is 9.78 Å². The Bertz CT molecular complexity index is 638. The number of nitrogens with two attached hydrogens (primary N) is 1. The van der Waals surface area contributed by atoms with E-state index in [1.54, 1.807) is 0 Å². The van der Waals surface area contributed by atoms with E-state index in [1.807, 2.05) is 42.2 Å². The number of aromatic nitrogens is 1. The summed E-state index contributed by atoms with van der Waals surface area (Å²) in [6.07, 6.45) is 0.556. The van der Waals surface area contributed by atoms with Crippen molar-refractivity contribution >= 4 is 22.5 Å². The molecule has 1 aliphatic heterocycles. The molecule has 0 radical (unpaired) electrons. The van der Waals surface area contributed by atoms with E-state index in [0.29, 0.717) is 13.0 Å². The van der Waals surface area contributed by atoms with Crippen molar-refractivity contribution in [2.75, 3.05) is 18.0 Å². The number of pyridine rings is 1. The van der Waals surface area contributed by atoms with E-state index in [0.717, 1.165) is 28.8 Å². The molecule has 1 aromatic heterocycles. The van der Waals surface area contributed by atoms with Gasteiger partial charge in [0.15, 0.2) is 0 Å². The molecule has 4 heteroatoms. The first-order chi connectivity index (χ1) is 9.17. The summed E-state index contributed by atoms with van der Waals surface area (Å²) in [6.45, 7) is 3.26. The SMILES string of the molecule is Cc1ccc2cc(N3CC(CN)CC3=O)ccc2n1. The molecule has 4 nitrogen and oxygen atoms in total. The second kappa shape index (κ2) is 4.63. The fourth-order valence-corrected chi connectivity index (χ4v) is 2.57. The number of aryl methyl sites for hydroxylation is 1. The van der Waals surface area contributed by atoms with Crippen LogP contribution in [0.25, 0.3) is 10.9 Å². The van der Waals surface area contributed by atoms with Crippen LogP contribution >= 0.6 is 0 Å². The van der Waals surface area contributed by atoms with Crippen molar-refractivity contribution in [3.05, 3.63) is 36.0 Å². The summed E-state index contributed by atoms with van der Waals surface area (Å²) in [5.41, 5.74) is 8.56. The maximum Gasteiger partial charge on any atom is 0.227 e. The molecule has 3 rings (SSSR count). The van der Waals surface area contributed by atoms with Gasteiger partial charge in [-0.15, -0.1) is 0 Å². The van der Waals surface area contributed by atoms with Crippen molar-refractivity contribution < 1.29 is 4.79 Å². The van der Waals surface area contributed by atoms with Gasteiger partial charge in [0.05, 0.1) is 5.52 Å². The van der Waals surface area contributed by atoms with Gasteiger partial charge in [0.2, 0.25) is 5.91 Å². The number of rotatable bonds is 2. The van der Waals surface area contributed by atoms with E-state index >= 15 is 0 Å². The first-order valence-electron chi connectivity index (χ1n) is 6.55. The van der Waals surface area contributed by atoms with Crippen molar-refractivity contribution in [1.82, 2.24) is 4.98 Å². The van der Waals surface area contributed by atoms with Crippen LogP contribution in [0.3, 0.4) is 0 Å². The Morgan fingerprint density at radius 3 is 2.95 bits per heavy atom. The summed E-state index contributed by atoms with van der Waals surface area (Å²) in [6, 6.07) is 9.99. The van der Waals surface area contributed by atoms with Crippen LogP contribution in [-0.2, 0) is 4.79 Å². The number of hydrogen-bond donors (Lipinski definition) is 1. The highest BCUT2D eigenvalue weighted by molar-refractivity contribution is 5.97. The minimum absolute atomic E-state index is 0.162. The van der Waals surface area contributed by atoms with Gasteiger partial charge in [-0.25, -0.2) is 0 Å². The lowest BCUT2D eigenvalue weighted by atomic mass is 10.1. The van der Waals surface area contributed by atoms with E-state index in [9.17, 15) is 4.79 Å². The molecular formula is C15H17N3O. The molecule has 2 aromatic rings. The van der Waals surface area contributed by atoms with Crippen LogP contribution in [0.15, 0.2) is 30.3 Å². The van der Waals surface area contributed by atoms with E-state index < -0.39 is 0 Å². The molecule has 1 fully saturated rings. The lowest BCUT2D eigenvalue weighted by Gasteiger charge is -2.17. The standard InChI is InChI=1S/C15H17N3O/c1-10-2-3-12-7-13(4-5-14(12)17-10)18-9-11(8-16)6-15(18)19/h2-5,7,11H,6,8-9,16H2,1H3. The van der Waals surface area contributed by atoms with Gasteiger partial charge in [-0.1, -0.05) is 6.07 Å². The Balaban J connectivity index is 1.97. The molecular weight excluding hydrogens is 238 g/mol. The second-order valence-electron chi connectivity index (χ2n) is 5.14. The van der Waals surface area contributed by atoms with Crippen LogP contribution in [0.1, 0.15) is 12.1 Å². The smallest absolute Gasteiger partial charge is 0.227 e. The number of hydrogen-bond acceptors (Lipinski definition) is 3. The van der Waals surface area contributed by atoms with Crippen LogP contribution in [-0.4, -0.2) is 24.0 Å². The zero-order valence-corrected chi connectivity index (χ0v) is 11.0. The maximum atomic E-state index is 12.0. The van der Waals surface area contributed by atoms with Gasteiger partial charge in [-0.05, 0) is 43.7 Å². The Kier molecular flexibility index (Phi) is 2.95. The van der Waals surface area contributed by atoms with Gasteiger partial charge in [0.1, 0.15) is 0 Å². The molecule has 2 heterocycles. The van der Waals surface area contributed by atoms with Crippen molar-refractivity contribution in [3.8, 4) is 0 Å². The average Bonchev–Trinajstić information content (AvgIpc) is 2.79. The minimum atomic E-state index is 0.162. The van der Waals surface area contributed by atoms with Crippen LogP contribution in [0.5, 0.6) is 0 Å². The zero-order valence-electron chi connectivity index (χ0n) is 11.0. The number of carbonyl (C=O) groups excluding carboxylic acids is 1. The predicted molar refractivity (Wildman–Crippen MR) is 76.0 cm³/mol. The molecule has 1 unspecified atom stereocenters. The summed E-state index contributed by atoms with van der Waals surface area (Å²) in [5, 5.41) is 1.06. The molecule has 1 atom stereocenters. The number of nitrogens with zero attached hydrogens (tertiary/aromatic N) is 2. The third-order valence-electron chi connectivity index (χ3n) is 3.66. The Labute approximate surface area is 112 Å². The van der Waals surface area contributed by atoms with Crippen LogP contribution in [0.4, 0.5) is 5.69 Å². The average molecular weight is 255 g/mol. The van der Waals surface area contributed by atoms with E-state index in [1.165, 1.54) is 0 Å². The molecule has 1 aromatic carbocycles. The summed E-state index contributed by atoms with van der Waals surface area (Å²) >= 11 is 0. The predicted octanol–water partition coefficient (Wildman–Crippen LogP) is 1.85. The fraction of sp³-hybridized carbons (Fsp3) is 0.333. The summed E-state index contributed by atoms with van der Waals surface area (Å²) in [4.78, 5) is 18.3. The Morgan fingerprint density at radius 2 is 2.21 bits per heavy atom. The first kappa shape index (κ1) is 12.1. The van der Waals surface area contributed by atoms with Crippen molar-refractivity contribution in [3.63, 3.8) is 0 Å². The van der Waals surface area contributed by atoms with Gasteiger partial charge in [0.25, 0.3) is 0 Å².